The Labute approximate surface area is 114 Å². The lowest BCUT2D eigenvalue weighted by atomic mass is 10.0. The van der Waals surface area contributed by atoms with Crippen molar-refractivity contribution in [2.75, 3.05) is 19.7 Å². The molecule has 6 nitrogen and oxygen atoms in total. The minimum Gasteiger partial charge on any atom is -0.448 e. The van der Waals surface area contributed by atoms with Crippen LogP contribution in [0.2, 0.25) is 0 Å². The number of rotatable bonds is 4. The zero-order valence-corrected chi connectivity index (χ0v) is 12.4. The normalized spacial score (nSPS) is 17.4. The molecule has 0 unspecified atom stereocenters. The molecule has 19 heavy (non-hydrogen) atoms. The summed E-state index contributed by atoms with van der Waals surface area (Å²) in [6, 6.07) is -0.152. The summed E-state index contributed by atoms with van der Waals surface area (Å²) in [6.45, 7) is 10.8. The van der Waals surface area contributed by atoms with Gasteiger partial charge in [-0.2, -0.15) is 0 Å². The predicted octanol–water partition coefficient (Wildman–Crippen LogP) is 1.99. The zero-order valence-electron chi connectivity index (χ0n) is 12.4. The summed E-state index contributed by atoms with van der Waals surface area (Å²) >= 11 is 0. The molecule has 110 valence electrons. The maximum atomic E-state index is 11.8. The Morgan fingerprint density at radius 2 is 2.11 bits per heavy atom. The Bertz CT molecular complexity index is 336. The molecule has 1 fully saturated rings. The van der Waals surface area contributed by atoms with Gasteiger partial charge in [-0.05, 0) is 26.7 Å². The van der Waals surface area contributed by atoms with Crippen LogP contribution in [0.25, 0.3) is 0 Å². The van der Waals surface area contributed by atoms with Crippen molar-refractivity contribution in [3.05, 3.63) is 0 Å². The van der Waals surface area contributed by atoms with E-state index in [-0.39, 0.29) is 18.1 Å². The van der Waals surface area contributed by atoms with Crippen LogP contribution in [-0.2, 0) is 9.47 Å². The zero-order chi connectivity index (χ0) is 14.6. The summed E-state index contributed by atoms with van der Waals surface area (Å²) in [6.07, 6.45) is -0.782. The number of amides is 2. The Morgan fingerprint density at radius 1 is 1.47 bits per heavy atom. The van der Waals surface area contributed by atoms with Crippen molar-refractivity contribution in [3.63, 3.8) is 0 Å². The first-order valence-corrected chi connectivity index (χ1v) is 6.60. The van der Waals surface area contributed by atoms with E-state index in [2.05, 4.69) is 5.32 Å². The van der Waals surface area contributed by atoms with E-state index in [4.69, 9.17) is 9.47 Å². The van der Waals surface area contributed by atoms with Gasteiger partial charge in [0.15, 0.2) is 0 Å². The van der Waals surface area contributed by atoms with Crippen molar-refractivity contribution in [3.8, 4) is 0 Å². The van der Waals surface area contributed by atoms with Crippen molar-refractivity contribution >= 4 is 12.2 Å². The fourth-order valence-corrected chi connectivity index (χ4v) is 1.71. The van der Waals surface area contributed by atoms with Gasteiger partial charge in [-0.25, -0.2) is 9.59 Å². The first kappa shape index (κ1) is 15.6. The van der Waals surface area contributed by atoms with Crippen molar-refractivity contribution in [1.29, 1.82) is 0 Å². The largest absolute Gasteiger partial charge is 0.448 e. The van der Waals surface area contributed by atoms with Gasteiger partial charge >= 0.3 is 12.2 Å². The number of nitrogens with one attached hydrogen (secondary N) is 1. The topological polar surface area (TPSA) is 67.9 Å². The number of alkyl carbamates (subject to hydrolysis) is 1. The molecule has 6 heteroatoms. The lowest BCUT2D eigenvalue weighted by molar-refractivity contribution is 0.0478. The summed E-state index contributed by atoms with van der Waals surface area (Å²) in [5, 5.41) is 2.81. The van der Waals surface area contributed by atoms with Crippen LogP contribution in [-0.4, -0.2) is 48.4 Å². The number of ether oxygens (including phenoxy) is 2. The van der Waals surface area contributed by atoms with Gasteiger partial charge in [0, 0.05) is 6.54 Å². The molecule has 0 saturated carbocycles. The van der Waals surface area contributed by atoms with Crippen LogP contribution in [0.4, 0.5) is 9.59 Å². The van der Waals surface area contributed by atoms with Crippen LogP contribution < -0.4 is 5.32 Å². The van der Waals surface area contributed by atoms with Crippen molar-refractivity contribution < 1.29 is 19.1 Å². The fraction of sp³-hybridized carbons (Fsp3) is 0.846. The minimum atomic E-state index is -0.530. The maximum absolute atomic E-state index is 11.8. The molecule has 0 aliphatic carbocycles. The molecule has 0 aromatic carbocycles. The molecule has 1 N–H and O–H groups in total. The first-order chi connectivity index (χ1) is 8.69. The van der Waals surface area contributed by atoms with E-state index < -0.39 is 11.7 Å². The van der Waals surface area contributed by atoms with E-state index in [1.807, 2.05) is 34.6 Å². The molecule has 1 aliphatic rings. The second-order valence-electron chi connectivity index (χ2n) is 6.06. The third-order valence-corrected chi connectivity index (χ3v) is 2.77. The van der Waals surface area contributed by atoms with Gasteiger partial charge in [0.2, 0.25) is 0 Å². The van der Waals surface area contributed by atoms with Crippen LogP contribution in [0, 0.1) is 5.92 Å². The average molecular weight is 272 g/mol. The van der Waals surface area contributed by atoms with E-state index >= 15 is 0 Å². The lowest BCUT2D eigenvalue weighted by Crippen LogP contribution is -2.48. The number of hydrogen-bond donors (Lipinski definition) is 1. The minimum absolute atomic E-state index is 0.152. The molecule has 1 aliphatic heterocycles. The first-order valence-electron chi connectivity index (χ1n) is 6.60. The van der Waals surface area contributed by atoms with E-state index in [0.29, 0.717) is 19.7 Å². The summed E-state index contributed by atoms with van der Waals surface area (Å²) in [4.78, 5) is 24.8. The highest BCUT2D eigenvalue weighted by molar-refractivity contribution is 5.70. The molecule has 2 amide bonds. The maximum Gasteiger partial charge on any atom is 0.410 e. The lowest BCUT2D eigenvalue weighted by Gasteiger charge is -2.28. The second kappa shape index (κ2) is 6.12. The van der Waals surface area contributed by atoms with Gasteiger partial charge in [-0.3, -0.25) is 0 Å². The summed E-state index contributed by atoms with van der Waals surface area (Å²) in [7, 11) is 0. The van der Waals surface area contributed by atoms with E-state index in [9.17, 15) is 9.59 Å². The third kappa shape index (κ3) is 5.36. The van der Waals surface area contributed by atoms with Crippen molar-refractivity contribution in [1.82, 2.24) is 10.2 Å². The van der Waals surface area contributed by atoms with Gasteiger partial charge in [-0.1, -0.05) is 13.8 Å². The average Bonchev–Trinajstić information content (AvgIpc) is 2.60. The van der Waals surface area contributed by atoms with Gasteiger partial charge in [-0.15, -0.1) is 0 Å². The molecule has 1 saturated heterocycles. The molecule has 0 aromatic rings. The van der Waals surface area contributed by atoms with Gasteiger partial charge in [0.1, 0.15) is 12.2 Å². The molecular weight excluding hydrogens is 248 g/mol. The molecule has 0 bridgehead atoms. The molecule has 0 aromatic heterocycles. The molecule has 0 radical (unpaired) electrons. The number of carbonyl (C=O) groups excluding carboxylic acids is 2. The number of nitrogens with zero attached hydrogens (tertiary/aromatic N) is 1. The highest BCUT2D eigenvalue weighted by Gasteiger charge is 2.28. The SMILES string of the molecule is CC(C)[C@@H](CN1CCOC1=O)NC(=O)OC(C)(C)C. The quantitative estimate of drug-likeness (QED) is 0.849. The predicted molar refractivity (Wildman–Crippen MR) is 70.9 cm³/mol. The highest BCUT2D eigenvalue weighted by Crippen LogP contribution is 2.11. The number of carbonyl (C=O) groups is 2. The van der Waals surface area contributed by atoms with Crippen molar-refractivity contribution in [2.45, 2.75) is 46.3 Å². The standard InChI is InChI=1S/C13H24N2O4/c1-9(2)10(8-15-6-7-18-12(15)17)14-11(16)19-13(3,4)5/h9-10H,6-8H2,1-5H3,(H,14,16)/t10-/m1/s1. The number of hydrogen-bond acceptors (Lipinski definition) is 4. The Hall–Kier alpha value is -1.46. The number of cyclic esters (lactones) is 1. The van der Waals surface area contributed by atoms with Gasteiger partial charge in [0.05, 0.1) is 12.6 Å². The Kier molecular flexibility index (Phi) is 5.03. The second-order valence-corrected chi connectivity index (χ2v) is 6.06. The molecule has 1 heterocycles. The monoisotopic (exact) mass is 272 g/mol. The highest BCUT2D eigenvalue weighted by atomic mass is 16.6. The van der Waals surface area contributed by atoms with Crippen LogP contribution in [0.15, 0.2) is 0 Å². The molecule has 1 atom stereocenters. The summed E-state index contributed by atoms with van der Waals surface area (Å²) < 4.78 is 10.1. The van der Waals surface area contributed by atoms with E-state index in [1.165, 1.54) is 0 Å². The van der Waals surface area contributed by atoms with Crippen LogP contribution in [0.3, 0.4) is 0 Å². The van der Waals surface area contributed by atoms with Gasteiger partial charge < -0.3 is 19.7 Å². The van der Waals surface area contributed by atoms with Crippen LogP contribution in [0.1, 0.15) is 34.6 Å². The smallest absolute Gasteiger partial charge is 0.410 e. The molecule has 0 spiro atoms. The van der Waals surface area contributed by atoms with E-state index in [1.54, 1.807) is 4.90 Å². The fourth-order valence-electron chi connectivity index (χ4n) is 1.71. The molecular formula is C13H24N2O4. The molecule has 1 rings (SSSR count). The van der Waals surface area contributed by atoms with Gasteiger partial charge in [0.25, 0.3) is 0 Å². The van der Waals surface area contributed by atoms with Crippen LogP contribution >= 0.6 is 0 Å². The van der Waals surface area contributed by atoms with Crippen LogP contribution in [0.5, 0.6) is 0 Å². The Morgan fingerprint density at radius 3 is 2.53 bits per heavy atom. The van der Waals surface area contributed by atoms with E-state index in [0.717, 1.165) is 0 Å². The summed E-state index contributed by atoms with van der Waals surface area (Å²) in [5.74, 6) is 0.195. The third-order valence-electron chi connectivity index (χ3n) is 2.77. The Balaban J connectivity index is 2.53. The summed E-state index contributed by atoms with van der Waals surface area (Å²) in [5.41, 5.74) is -0.530. The van der Waals surface area contributed by atoms with Crippen molar-refractivity contribution in [2.24, 2.45) is 5.92 Å².